The third-order valence-corrected chi connectivity index (χ3v) is 6.44. The molecule has 0 aliphatic carbocycles. The molecule has 0 bridgehead atoms. The topological polar surface area (TPSA) is 95.7 Å². The zero-order chi connectivity index (χ0) is 22.3. The van der Waals surface area contributed by atoms with Gasteiger partial charge in [-0.1, -0.05) is 12.1 Å². The van der Waals surface area contributed by atoms with Gasteiger partial charge in [-0.05, 0) is 65.8 Å². The molecule has 32 heavy (non-hydrogen) atoms. The monoisotopic (exact) mass is 453 g/mol. The average Bonchev–Trinajstić information content (AvgIpc) is 3.51. The lowest BCUT2D eigenvalue weighted by molar-refractivity contribution is -0.120. The van der Waals surface area contributed by atoms with E-state index in [1.165, 1.54) is 6.26 Å². The molecule has 1 unspecified atom stereocenters. The number of nitrogens with one attached hydrogen (secondary N) is 1. The Kier molecular flexibility index (Phi) is 7.34. The predicted octanol–water partition coefficient (Wildman–Crippen LogP) is 3.64. The minimum Gasteiger partial charge on any atom is -0.444 e. The number of aliphatic hydroxyl groups excluding tert-OH is 1. The highest BCUT2D eigenvalue weighted by atomic mass is 32.1. The first-order valence-electron chi connectivity index (χ1n) is 10.9. The quantitative estimate of drug-likeness (QED) is 0.543. The van der Waals surface area contributed by atoms with Crippen LogP contribution in [-0.4, -0.2) is 46.0 Å². The first kappa shape index (κ1) is 22.2. The molecule has 1 fully saturated rings. The van der Waals surface area contributed by atoms with E-state index in [2.05, 4.69) is 10.3 Å². The number of carbonyl (C=O) groups is 2. The minimum absolute atomic E-state index is 0.0134. The number of likely N-dealkylation sites (tertiary alicyclic amines) is 1. The fourth-order valence-corrected chi connectivity index (χ4v) is 4.64. The van der Waals surface area contributed by atoms with Crippen molar-refractivity contribution in [2.24, 2.45) is 0 Å². The molecular weight excluding hydrogens is 426 g/mol. The Bertz CT molecular complexity index is 1030. The average molecular weight is 454 g/mol. The van der Waals surface area contributed by atoms with Gasteiger partial charge in [-0.2, -0.15) is 11.3 Å². The molecule has 168 valence electrons. The molecule has 8 heteroatoms. The van der Waals surface area contributed by atoms with Crippen molar-refractivity contribution in [3.8, 4) is 11.5 Å². The van der Waals surface area contributed by atoms with Gasteiger partial charge in [-0.3, -0.25) is 9.59 Å². The summed E-state index contributed by atoms with van der Waals surface area (Å²) >= 11 is 1.58. The molecule has 0 radical (unpaired) electrons. The molecular formula is C24H27N3O4S. The Balaban J connectivity index is 1.35. The Morgan fingerprint density at radius 1 is 1.19 bits per heavy atom. The van der Waals surface area contributed by atoms with E-state index in [4.69, 9.17) is 4.42 Å². The summed E-state index contributed by atoms with van der Waals surface area (Å²) in [7, 11) is 0. The second-order valence-electron chi connectivity index (χ2n) is 7.98. The zero-order valence-electron chi connectivity index (χ0n) is 17.8. The molecule has 2 amide bonds. The first-order valence-corrected chi connectivity index (χ1v) is 11.8. The molecule has 0 spiro atoms. The number of thiophene rings is 1. The van der Waals surface area contributed by atoms with Gasteiger partial charge in [0.25, 0.3) is 5.91 Å². The number of hydrogen-bond acceptors (Lipinski definition) is 6. The molecule has 4 rings (SSSR count). The number of nitrogens with zero attached hydrogens (tertiary/aromatic N) is 2. The maximum atomic E-state index is 12.9. The third kappa shape index (κ3) is 5.44. The van der Waals surface area contributed by atoms with Crippen LogP contribution >= 0.6 is 11.3 Å². The first-order chi connectivity index (χ1) is 15.6. The van der Waals surface area contributed by atoms with Crippen molar-refractivity contribution in [2.45, 2.75) is 44.7 Å². The molecule has 1 aliphatic rings. The van der Waals surface area contributed by atoms with Crippen LogP contribution in [0.1, 0.15) is 47.3 Å². The van der Waals surface area contributed by atoms with Crippen LogP contribution in [0.2, 0.25) is 0 Å². The van der Waals surface area contributed by atoms with Crippen LogP contribution in [0.3, 0.4) is 0 Å². The van der Waals surface area contributed by atoms with Gasteiger partial charge >= 0.3 is 0 Å². The second-order valence-corrected chi connectivity index (χ2v) is 8.76. The SMILES string of the molecule is O=C(Cc1ccsc1)NCc1ccc(-c2nc(C(=O)N3CCCCC3CCO)co2)cc1. The van der Waals surface area contributed by atoms with Gasteiger partial charge in [0.2, 0.25) is 11.8 Å². The maximum absolute atomic E-state index is 12.9. The largest absolute Gasteiger partial charge is 0.444 e. The van der Waals surface area contributed by atoms with Crippen molar-refractivity contribution in [2.75, 3.05) is 13.2 Å². The number of benzene rings is 1. The molecule has 3 aromatic rings. The Morgan fingerprint density at radius 2 is 2.03 bits per heavy atom. The predicted molar refractivity (Wildman–Crippen MR) is 122 cm³/mol. The van der Waals surface area contributed by atoms with Crippen LogP contribution in [0.25, 0.3) is 11.5 Å². The second kappa shape index (κ2) is 10.6. The highest BCUT2D eigenvalue weighted by Gasteiger charge is 2.29. The van der Waals surface area contributed by atoms with Gasteiger partial charge in [0.1, 0.15) is 6.26 Å². The van der Waals surface area contributed by atoms with Crippen molar-refractivity contribution < 1.29 is 19.1 Å². The summed E-state index contributed by atoms with van der Waals surface area (Å²) in [5.74, 6) is 0.223. The smallest absolute Gasteiger partial charge is 0.276 e. The fourth-order valence-electron chi connectivity index (χ4n) is 3.98. The number of piperidine rings is 1. The van der Waals surface area contributed by atoms with Gasteiger partial charge in [-0.15, -0.1) is 0 Å². The van der Waals surface area contributed by atoms with E-state index >= 15 is 0 Å². The van der Waals surface area contributed by atoms with Gasteiger partial charge < -0.3 is 19.7 Å². The fraction of sp³-hybridized carbons (Fsp3) is 0.375. The summed E-state index contributed by atoms with van der Waals surface area (Å²) in [6.45, 7) is 1.19. The molecule has 2 aromatic heterocycles. The standard InChI is InChI=1S/C24H27N3O4S/c28-11-8-20-3-1-2-10-27(20)24(30)21-15-31-23(26-21)19-6-4-17(5-7-19)14-25-22(29)13-18-9-12-32-16-18/h4-7,9,12,15-16,20,28H,1-3,8,10-11,13-14H2,(H,25,29). The van der Waals surface area contributed by atoms with Crippen LogP contribution in [0.4, 0.5) is 0 Å². The van der Waals surface area contributed by atoms with Crippen molar-refractivity contribution in [3.05, 3.63) is 64.2 Å². The molecule has 0 saturated carbocycles. The van der Waals surface area contributed by atoms with E-state index in [9.17, 15) is 14.7 Å². The molecule has 1 atom stereocenters. The van der Waals surface area contributed by atoms with Crippen molar-refractivity contribution >= 4 is 23.2 Å². The van der Waals surface area contributed by atoms with Crippen molar-refractivity contribution in [1.82, 2.24) is 15.2 Å². The summed E-state index contributed by atoms with van der Waals surface area (Å²) in [5, 5.41) is 16.2. The lowest BCUT2D eigenvalue weighted by atomic mass is 9.99. The third-order valence-electron chi connectivity index (χ3n) is 5.71. The molecule has 1 aliphatic heterocycles. The summed E-state index contributed by atoms with van der Waals surface area (Å²) in [6, 6.07) is 9.57. The van der Waals surface area contributed by atoms with Crippen LogP contribution in [0.5, 0.6) is 0 Å². The van der Waals surface area contributed by atoms with Crippen LogP contribution in [0.15, 0.2) is 51.8 Å². The van der Waals surface area contributed by atoms with E-state index in [0.717, 1.165) is 36.0 Å². The number of amides is 2. The van der Waals surface area contributed by atoms with Gasteiger partial charge in [0.05, 0.1) is 6.42 Å². The van der Waals surface area contributed by atoms with Crippen LogP contribution in [0, 0.1) is 0 Å². The number of aromatic nitrogens is 1. The van der Waals surface area contributed by atoms with E-state index in [1.54, 1.807) is 11.3 Å². The minimum atomic E-state index is -0.150. The Hall–Kier alpha value is -2.97. The van der Waals surface area contributed by atoms with E-state index in [0.29, 0.717) is 31.8 Å². The zero-order valence-corrected chi connectivity index (χ0v) is 18.6. The summed E-state index contributed by atoms with van der Waals surface area (Å²) in [4.78, 5) is 31.2. The summed E-state index contributed by atoms with van der Waals surface area (Å²) < 4.78 is 5.58. The molecule has 1 saturated heterocycles. The maximum Gasteiger partial charge on any atom is 0.276 e. The normalized spacial score (nSPS) is 16.2. The van der Waals surface area contributed by atoms with E-state index in [1.807, 2.05) is 46.0 Å². The van der Waals surface area contributed by atoms with E-state index < -0.39 is 0 Å². The molecule has 3 heterocycles. The number of hydrogen-bond donors (Lipinski definition) is 2. The van der Waals surface area contributed by atoms with E-state index in [-0.39, 0.29) is 30.2 Å². The van der Waals surface area contributed by atoms with Crippen LogP contribution in [-0.2, 0) is 17.8 Å². The summed E-state index contributed by atoms with van der Waals surface area (Å²) in [6.07, 6.45) is 5.30. The lowest BCUT2D eigenvalue weighted by Crippen LogP contribution is -2.44. The Labute approximate surface area is 191 Å². The van der Waals surface area contributed by atoms with Crippen molar-refractivity contribution in [1.29, 1.82) is 0 Å². The highest BCUT2D eigenvalue weighted by molar-refractivity contribution is 7.08. The number of oxazole rings is 1. The molecule has 1 aromatic carbocycles. The lowest BCUT2D eigenvalue weighted by Gasteiger charge is -2.35. The van der Waals surface area contributed by atoms with Crippen LogP contribution < -0.4 is 5.32 Å². The van der Waals surface area contributed by atoms with Gasteiger partial charge in [0.15, 0.2) is 5.69 Å². The molecule has 2 N–H and O–H groups in total. The summed E-state index contributed by atoms with van der Waals surface area (Å²) in [5.41, 5.74) is 3.04. The van der Waals surface area contributed by atoms with Gasteiger partial charge in [-0.25, -0.2) is 4.98 Å². The number of rotatable bonds is 8. The Morgan fingerprint density at radius 3 is 2.78 bits per heavy atom. The molecule has 7 nitrogen and oxygen atoms in total. The number of carbonyl (C=O) groups excluding carboxylic acids is 2. The number of aliphatic hydroxyl groups is 1. The highest BCUT2D eigenvalue weighted by Crippen LogP contribution is 2.24. The van der Waals surface area contributed by atoms with Gasteiger partial charge in [0, 0.05) is 31.3 Å². The van der Waals surface area contributed by atoms with Crippen molar-refractivity contribution in [3.63, 3.8) is 0 Å².